The van der Waals surface area contributed by atoms with Crippen LogP contribution in [0.5, 0.6) is 0 Å². The van der Waals surface area contributed by atoms with Crippen LogP contribution in [0.1, 0.15) is 5.56 Å². The van der Waals surface area contributed by atoms with Gasteiger partial charge in [-0.15, -0.1) is 0 Å². The van der Waals surface area contributed by atoms with Gasteiger partial charge in [-0.25, -0.2) is 4.68 Å². The predicted octanol–water partition coefficient (Wildman–Crippen LogP) is 4.56. The molecular weight excluding hydrogens is 277 g/mol. The van der Waals surface area contributed by atoms with Crippen LogP contribution >= 0.6 is 0 Å². The lowest BCUT2D eigenvalue weighted by atomic mass is 10.1. The molecule has 0 bridgehead atoms. The third kappa shape index (κ3) is 2.81. The fraction of sp³-hybridized carbons (Fsp3) is 0.0625. The molecule has 2 aromatic carbocycles. The van der Waals surface area contributed by atoms with Gasteiger partial charge in [-0.2, -0.15) is 18.3 Å². The van der Waals surface area contributed by atoms with E-state index >= 15 is 0 Å². The van der Waals surface area contributed by atoms with Crippen LogP contribution in [0, 0.1) is 0 Å². The monoisotopic (exact) mass is 288 g/mol. The van der Waals surface area contributed by atoms with Gasteiger partial charge in [0.1, 0.15) is 0 Å². The van der Waals surface area contributed by atoms with Gasteiger partial charge >= 0.3 is 6.18 Å². The lowest BCUT2D eigenvalue weighted by Crippen LogP contribution is -2.04. The number of hydrogen-bond donors (Lipinski definition) is 0. The first-order valence-electron chi connectivity index (χ1n) is 6.33. The average Bonchev–Trinajstić information content (AvgIpc) is 2.97. The second-order valence-corrected chi connectivity index (χ2v) is 4.56. The molecule has 0 amide bonds. The molecule has 1 heterocycles. The molecule has 0 radical (unpaired) electrons. The molecule has 106 valence electrons. The number of rotatable bonds is 2. The summed E-state index contributed by atoms with van der Waals surface area (Å²) < 4.78 is 39.8. The normalized spacial score (nSPS) is 11.6. The Morgan fingerprint density at radius 3 is 2.33 bits per heavy atom. The Morgan fingerprint density at radius 2 is 1.62 bits per heavy atom. The lowest BCUT2D eigenvalue weighted by Gasteiger charge is -2.07. The summed E-state index contributed by atoms with van der Waals surface area (Å²) in [5.74, 6) is 0. The van der Waals surface area contributed by atoms with Crippen molar-refractivity contribution < 1.29 is 13.2 Å². The Labute approximate surface area is 119 Å². The van der Waals surface area contributed by atoms with E-state index in [0.717, 1.165) is 17.8 Å². The van der Waals surface area contributed by atoms with E-state index < -0.39 is 11.7 Å². The molecule has 0 aliphatic carbocycles. The zero-order valence-electron chi connectivity index (χ0n) is 10.9. The Kier molecular flexibility index (Phi) is 3.25. The Hall–Kier alpha value is -2.56. The topological polar surface area (TPSA) is 17.8 Å². The van der Waals surface area contributed by atoms with E-state index in [0.29, 0.717) is 11.3 Å². The third-order valence-electron chi connectivity index (χ3n) is 3.10. The molecule has 0 saturated heterocycles. The molecule has 3 aromatic rings. The van der Waals surface area contributed by atoms with Crippen molar-refractivity contribution in [1.82, 2.24) is 9.78 Å². The number of halogens is 3. The summed E-state index contributed by atoms with van der Waals surface area (Å²) in [5, 5.41) is 4.32. The van der Waals surface area contributed by atoms with Crippen molar-refractivity contribution >= 4 is 0 Å². The smallest absolute Gasteiger partial charge is 0.240 e. The third-order valence-corrected chi connectivity index (χ3v) is 3.10. The summed E-state index contributed by atoms with van der Waals surface area (Å²) in [4.78, 5) is 0. The summed E-state index contributed by atoms with van der Waals surface area (Å²) in [6, 6.07) is 16.3. The molecular formula is C16H11F3N2. The minimum absolute atomic E-state index is 0.444. The van der Waals surface area contributed by atoms with Gasteiger partial charge in [-0.1, -0.05) is 30.3 Å². The fourth-order valence-corrected chi connectivity index (χ4v) is 2.06. The van der Waals surface area contributed by atoms with Crippen molar-refractivity contribution in [3.05, 3.63) is 72.4 Å². The van der Waals surface area contributed by atoms with E-state index in [1.54, 1.807) is 23.0 Å². The molecule has 0 fully saturated rings. The number of nitrogens with zero attached hydrogens (tertiary/aromatic N) is 2. The summed E-state index contributed by atoms with van der Waals surface area (Å²) in [7, 11) is 0. The maximum Gasteiger partial charge on any atom is 0.416 e. The molecule has 0 aliphatic rings. The number of benzene rings is 2. The SMILES string of the molecule is FC(F)(F)c1cccc(-c2ccn(-c3ccccc3)n2)c1. The quantitative estimate of drug-likeness (QED) is 0.676. The Morgan fingerprint density at radius 1 is 0.857 bits per heavy atom. The molecule has 21 heavy (non-hydrogen) atoms. The van der Waals surface area contributed by atoms with Gasteiger partial charge in [0.15, 0.2) is 0 Å². The van der Waals surface area contributed by atoms with Crippen molar-refractivity contribution in [2.45, 2.75) is 6.18 Å². The van der Waals surface area contributed by atoms with E-state index in [-0.39, 0.29) is 0 Å². The maximum absolute atomic E-state index is 12.7. The predicted molar refractivity (Wildman–Crippen MR) is 74.0 cm³/mol. The first-order valence-corrected chi connectivity index (χ1v) is 6.33. The molecule has 0 N–H and O–H groups in total. The van der Waals surface area contributed by atoms with Crippen LogP contribution in [0.2, 0.25) is 0 Å². The minimum Gasteiger partial charge on any atom is -0.240 e. The van der Waals surface area contributed by atoms with Crippen molar-refractivity contribution in [2.75, 3.05) is 0 Å². The molecule has 1 aromatic heterocycles. The molecule has 0 spiro atoms. The average molecular weight is 288 g/mol. The van der Waals surface area contributed by atoms with E-state index in [2.05, 4.69) is 5.10 Å². The highest BCUT2D eigenvalue weighted by atomic mass is 19.4. The van der Waals surface area contributed by atoms with Crippen molar-refractivity contribution in [2.24, 2.45) is 0 Å². The highest BCUT2D eigenvalue weighted by Crippen LogP contribution is 2.31. The van der Waals surface area contributed by atoms with Crippen molar-refractivity contribution in [3.8, 4) is 16.9 Å². The maximum atomic E-state index is 12.7. The van der Waals surface area contributed by atoms with Crippen LogP contribution in [0.3, 0.4) is 0 Å². The highest BCUT2D eigenvalue weighted by Gasteiger charge is 2.30. The number of aromatic nitrogens is 2. The van der Waals surface area contributed by atoms with Crippen LogP contribution < -0.4 is 0 Å². The van der Waals surface area contributed by atoms with Gasteiger partial charge in [0.25, 0.3) is 0 Å². The van der Waals surface area contributed by atoms with Crippen LogP contribution in [0.25, 0.3) is 16.9 Å². The minimum atomic E-state index is -4.35. The van der Waals surface area contributed by atoms with Crippen molar-refractivity contribution in [1.29, 1.82) is 0 Å². The zero-order valence-corrected chi connectivity index (χ0v) is 10.9. The summed E-state index contributed by atoms with van der Waals surface area (Å²) in [6.45, 7) is 0. The first kappa shape index (κ1) is 13.4. The van der Waals surface area contributed by atoms with E-state index in [9.17, 15) is 13.2 Å². The summed E-state index contributed by atoms with van der Waals surface area (Å²) >= 11 is 0. The molecule has 0 saturated carbocycles. The fourth-order valence-electron chi connectivity index (χ4n) is 2.06. The van der Waals surface area contributed by atoms with Gasteiger partial charge in [0.05, 0.1) is 16.9 Å². The van der Waals surface area contributed by atoms with Crippen LogP contribution in [0.4, 0.5) is 13.2 Å². The van der Waals surface area contributed by atoms with E-state index in [1.807, 2.05) is 30.3 Å². The van der Waals surface area contributed by atoms with Gasteiger partial charge in [0.2, 0.25) is 0 Å². The van der Waals surface area contributed by atoms with E-state index in [1.165, 1.54) is 6.07 Å². The van der Waals surface area contributed by atoms with E-state index in [4.69, 9.17) is 0 Å². The van der Waals surface area contributed by atoms with Gasteiger partial charge in [0, 0.05) is 11.8 Å². The number of alkyl halides is 3. The van der Waals surface area contributed by atoms with Crippen LogP contribution in [0.15, 0.2) is 66.9 Å². The highest BCUT2D eigenvalue weighted by molar-refractivity contribution is 5.60. The van der Waals surface area contributed by atoms with Gasteiger partial charge < -0.3 is 0 Å². The van der Waals surface area contributed by atoms with Gasteiger partial charge in [-0.3, -0.25) is 0 Å². The summed E-state index contributed by atoms with van der Waals surface area (Å²) in [6.07, 6.45) is -2.62. The lowest BCUT2D eigenvalue weighted by molar-refractivity contribution is -0.137. The number of para-hydroxylation sites is 1. The molecule has 2 nitrogen and oxygen atoms in total. The summed E-state index contributed by atoms with van der Waals surface area (Å²) in [5.41, 5.74) is 1.13. The Bertz CT molecular complexity index is 745. The largest absolute Gasteiger partial charge is 0.416 e. The molecule has 0 unspecified atom stereocenters. The van der Waals surface area contributed by atoms with Crippen molar-refractivity contribution in [3.63, 3.8) is 0 Å². The number of hydrogen-bond acceptors (Lipinski definition) is 1. The zero-order chi connectivity index (χ0) is 14.9. The van der Waals surface area contributed by atoms with Crippen LogP contribution in [-0.2, 0) is 6.18 Å². The molecule has 3 rings (SSSR count). The Balaban J connectivity index is 1.97. The van der Waals surface area contributed by atoms with Gasteiger partial charge in [-0.05, 0) is 30.3 Å². The molecule has 0 aliphatic heterocycles. The standard InChI is InChI=1S/C16H11F3N2/c17-16(18,19)13-6-4-5-12(11-13)15-9-10-21(20-15)14-7-2-1-3-8-14/h1-11H. The molecule has 0 atom stereocenters. The second-order valence-electron chi connectivity index (χ2n) is 4.56. The van der Waals surface area contributed by atoms with Crippen LogP contribution in [-0.4, -0.2) is 9.78 Å². The molecule has 5 heteroatoms. The first-order chi connectivity index (χ1) is 10.0. The second kappa shape index (κ2) is 5.09.